The zero-order valence-electron chi connectivity index (χ0n) is 12.6. The number of Topliss-reactive ketones (excluding diaryl/α,β-unsaturated/α-hetero) is 1. The minimum atomic E-state index is -0.348. The van der Waals surface area contributed by atoms with Crippen molar-refractivity contribution in [3.05, 3.63) is 62.6 Å². The van der Waals surface area contributed by atoms with Crippen molar-refractivity contribution in [1.82, 2.24) is 4.57 Å². The molecule has 4 nitrogen and oxygen atoms in total. The van der Waals surface area contributed by atoms with Crippen LogP contribution in [0, 0.1) is 25.2 Å². The van der Waals surface area contributed by atoms with Gasteiger partial charge < -0.3 is 0 Å². The fourth-order valence-corrected chi connectivity index (χ4v) is 2.91. The third-order valence-corrected chi connectivity index (χ3v) is 4.29. The maximum atomic E-state index is 12.6. The molecule has 0 N–H and O–H groups in total. The predicted molar refractivity (Wildman–Crippen MR) is 83.5 cm³/mol. The van der Waals surface area contributed by atoms with Crippen LogP contribution in [0.2, 0.25) is 0 Å². The van der Waals surface area contributed by atoms with Gasteiger partial charge in [0.1, 0.15) is 11.6 Å². The number of aryl methyl sites for hydroxylation is 2. The summed E-state index contributed by atoms with van der Waals surface area (Å²) in [6.07, 6.45) is 1.89. The van der Waals surface area contributed by atoms with Gasteiger partial charge in [0.05, 0.1) is 0 Å². The zero-order chi connectivity index (χ0) is 15.9. The van der Waals surface area contributed by atoms with Gasteiger partial charge in [-0.05, 0) is 56.0 Å². The molecular formula is C18H16N2O2. The van der Waals surface area contributed by atoms with Gasteiger partial charge in [0.2, 0.25) is 0 Å². The highest BCUT2D eigenvalue weighted by atomic mass is 16.1. The maximum absolute atomic E-state index is 12.6. The lowest BCUT2D eigenvalue weighted by molar-refractivity contribution is 0.0971. The highest BCUT2D eigenvalue weighted by Gasteiger charge is 2.24. The molecule has 0 aliphatic heterocycles. The third-order valence-electron chi connectivity index (χ3n) is 4.29. The Kier molecular flexibility index (Phi) is 3.42. The Morgan fingerprint density at radius 3 is 2.55 bits per heavy atom. The van der Waals surface area contributed by atoms with Gasteiger partial charge in [-0.3, -0.25) is 14.2 Å². The number of carbonyl (C=O) groups is 1. The minimum Gasteiger partial charge on any atom is -0.294 e. The van der Waals surface area contributed by atoms with Crippen LogP contribution in [0.1, 0.15) is 45.6 Å². The van der Waals surface area contributed by atoms with Crippen molar-refractivity contribution >= 4 is 5.78 Å². The van der Waals surface area contributed by atoms with Gasteiger partial charge in [0, 0.05) is 23.4 Å². The molecule has 0 spiro atoms. The minimum absolute atomic E-state index is 0.00957. The monoisotopic (exact) mass is 292 g/mol. The Morgan fingerprint density at radius 2 is 1.86 bits per heavy atom. The summed E-state index contributed by atoms with van der Waals surface area (Å²) in [6, 6.07) is 9.12. The largest absolute Gasteiger partial charge is 0.294 e. The number of pyridine rings is 1. The van der Waals surface area contributed by atoms with E-state index in [1.807, 2.05) is 38.1 Å². The highest BCUT2D eigenvalue weighted by molar-refractivity contribution is 5.98. The van der Waals surface area contributed by atoms with Gasteiger partial charge >= 0.3 is 0 Å². The first-order chi connectivity index (χ1) is 10.5. The average Bonchev–Trinajstić information content (AvgIpc) is 2.50. The van der Waals surface area contributed by atoms with Gasteiger partial charge in [0.15, 0.2) is 5.78 Å². The number of nitriles is 1. The molecule has 0 radical (unpaired) electrons. The molecule has 0 atom stereocenters. The number of hydrogen-bond donors (Lipinski definition) is 0. The van der Waals surface area contributed by atoms with Gasteiger partial charge in [-0.1, -0.05) is 6.07 Å². The second kappa shape index (κ2) is 5.27. The molecule has 0 amide bonds. The lowest BCUT2D eigenvalue weighted by atomic mass is 9.93. The van der Waals surface area contributed by atoms with Gasteiger partial charge in [0.25, 0.3) is 5.56 Å². The van der Waals surface area contributed by atoms with Crippen LogP contribution in [0.15, 0.2) is 29.1 Å². The van der Waals surface area contributed by atoms with E-state index in [4.69, 9.17) is 0 Å². The summed E-state index contributed by atoms with van der Waals surface area (Å²) in [6.45, 7) is 3.99. The molecule has 3 rings (SSSR count). The maximum Gasteiger partial charge on any atom is 0.273 e. The van der Waals surface area contributed by atoms with Crippen LogP contribution in [0.4, 0.5) is 0 Å². The molecule has 1 aromatic carbocycles. The predicted octanol–water partition coefficient (Wildman–Crippen LogP) is 2.85. The van der Waals surface area contributed by atoms with Crippen molar-refractivity contribution in [3.8, 4) is 11.8 Å². The fraction of sp³-hybridized carbons (Fsp3) is 0.278. The number of benzene rings is 1. The van der Waals surface area contributed by atoms with E-state index in [1.165, 1.54) is 10.6 Å². The van der Waals surface area contributed by atoms with Crippen LogP contribution in [-0.4, -0.2) is 10.4 Å². The molecule has 4 heteroatoms. The molecule has 0 saturated heterocycles. The Morgan fingerprint density at radius 1 is 1.09 bits per heavy atom. The number of rotatable bonds is 1. The van der Waals surface area contributed by atoms with Crippen molar-refractivity contribution in [2.45, 2.75) is 33.1 Å². The summed E-state index contributed by atoms with van der Waals surface area (Å²) in [5.41, 5.74) is 3.84. The van der Waals surface area contributed by atoms with Crippen LogP contribution in [0.3, 0.4) is 0 Å². The number of fused-ring (bicyclic) bond motifs is 1. The quantitative estimate of drug-likeness (QED) is 0.812. The van der Waals surface area contributed by atoms with E-state index in [0.29, 0.717) is 18.4 Å². The summed E-state index contributed by atoms with van der Waals surface area (Å²) in [7, 11) is 0. The number of carbonyl (C=O) groups excluding carboxylic acids is 1. The van der Waals surface area contributed by atoms with E-state index in [0.717, 1.165) is 28.9 Å². The number of nitrogens with zero attached hydrogens (tertiary/aromatic N) is 2. The number of aromatic nitrogens is 1. The first-order valence-electron chi connectivity index (χ1n) is 7.33. The number of ketones is 1. The standard InChI is InChI=1S/C18H16N2O2/c1-11-6-7-14(8-12(11)2)20-16-4-3-5-17(21)15(16)9-13(10-19)18(20)22/h6-9H,3-5H2,1-2H3. The molecule has 1 heterocycles. The van der Waals surface area contributed by atoms with Crippen molar-refractivity contribution in [2.24, 2.45) is 0 Å². The zero-order valence-corrected chi connectivity index (χ0v) is 12.6. The normalized spacial score (nSPS) is 13.6. The second-order valence-electron chi connectivity index (χ2n) is 5.72. The second-order valence-corrected chi connectivity index (χ2v) is 5.72. The molecule has 22 heavy (non-hydrogen) atoms. The van der Waals surface area contributed by atoms with E-state index in [2.05, 4.69) is 0 Å². The molecule has 110 valence electrons. The summed E-state index contributed by atoms with van der Waals surface area (Å²) in [4.78, 5) is 24.7. The molecular weight excluding hydrogens is 276 g/mol. The Bertz CT molecular complexity index is 885. The molecule has 0 unspecified atom stereocenters. The molecule has 1 aromatic heterocycles. The van der Waals surface area contributed by atoms with Gasteiger partial charge in [-0.15, -0.1) is 0 Å². The SMILES string of the molecule is Cc1ccc(-n2c3c(cc(C#N)c2=O)C(=O)CCC3)cc1C. The average molecular weight is 292 g/mol. The van der Waals surface area contributed by atoms with Crippen LogP contribution >= 0.6 is 0 Å². The first-order valence-corrected chi connectivity index (χ1v) is 7.33. The van der Waals surface area contributed by atoms with E-state index in [1.54, 1.807) is 0 Å². The van der Waals surface area contributed by atoms with E-state index in [9.17, 15) is 14.9 Å². The lowest BCUT2D eigenvalue weighted by Gasteiger charge is -2.21. The Balaban J connectivity index is 2.37. The van der Waals surface area contributed by atoms with E-state index < -0.39 is 0 Å². The topological polar surface area (TPSA) is 62.9 Å². The first kappa shape index (κ1) is 14.3. The van der Waals surface area contributed by atoms with Crippen LogP contribution in [0.5, 0.6) is 0 Å². The summed E-state index contributed by atoms with van der Waals surface area (Å²) >= 11 is 0. The van der Waals surface area contributed by atoms with E-state index >= 15 is 0 Å². The summed E-state index contributed by atoms with van der Waals surface area (Å²) in [5, 5.41) is 9.20. The molecule has 1 aliphatic carbocycles. The molecule has 0 bridgehead atoms. The number of hydrogen-bond acceptors (Lipinski definition) is 3. The van der Waals surface area contributed by atoms with Crippen molar-refractivity contribution in [2.75, 3.05) is 0 Å². The summed E-state index contributed by atoms with van der Waals surface area (Å²) in [5.74, 6) is 0.00957. The van der Waals surface area contributed by atoms with Crippen molar-refractivity contribution < 1.29 is 4.79 Å². The van der Waals surface area contributed by atoms with Crippen molar-refractivity contribution in [3.63, 3.8) is 0 Å². The smallest absolute Gasteiger partial charge is 0.273 e. The Hall–Kier alpha value is -2.67. The molecule has 0 saturated carbocycles. The van der Waals surface area contributed by atoms with E-state index in [-0.39, 0.29) is 16.9 Å². The molecule has 2 aromatic rings. The van der Waals surface area contributed by atoms with Gasteiger partial charge in [-0.25, -0.2) is 0 Å². The fourth-order valence-electron chi connectivity index (χ4n) is 2.91. The van der Waals surface area contributed by atoms with Crippen molar-refractivity contribution in [1.29, 1.82) is 5.26 Å². The van der Waals surface area contributed by atoms with Crippen LogP contribution in [-0.2, 0) is 6.42 Å². The molecule has 0 fully saturated rings. The summed E-state index contributed by atoms with van der Waals surface area (Å²) < 4.78 is 1.54. The highest BCUT2D eigenvalue weighted by Crippen LogP contribution is 2.24. The molecule has 1 aliphatic rings. The van der Waals surface area contributed by atoms with Crippen LogP contribution < -0.4 is 5.56 Å². The Labute approximate surface area is 128 Å². The van der Waals surface area contributed by atoms with Crippen LogP contribution in [0.25, 0.3) is 5.69 Å². The lowest BCUT2D eigenvalue weighted by Crippen LogP contribution is -2.29. The van der Waals surface area contributed by atoms with Gasteiger partial charge in [-0.2, -0.15) is 5.26 Å². The third kappa shape index (κ3) is 2.15.